The summed E-state index contributed by atoms with van der Waals surface area (Å²) >= 11 is 3.59. The molecule has 0 bridgehead atoms. The van der Waals surface area contributed by atoms with Gasteiger partial charge in [0.25, 0.3) is 0 Å². The molecule has 0 unspecified atom stereocenters. The van der Waals surface area contributed by atoms with Gasteiger partial charge in [-0.3, -0.25) is 0 Å². The Labute approximate surface area is 101 Å². The standard InChI is InChI=1S/C11H20N2S2/c1-4-10(5-2)12-6-7-14-11-13-9(3)8-15-11/h8,10,12H,4-7H2,1-3H3. The molecular weight excluding hydrogens is 224 g/mol. The fraction of sp³-hybridized carbons (Fsp3) is 0.727. The van der Waals surface area contributed by atoms with E-state index in [9.17, 15) is 0 Å². The second kappa shape index (κ2) is 7.25. The molecule has 0 amide bonds. The first-order chi connectivity index (χ1) is 7.26. The lowest BCUT2D eigenvalue weighted by atomic mass is 10.2. The zero-order chi connectivity index (χ0) is 11.1. The summed E-state index contributed by atoms with van der Waals surface area (Å²) in [5.41, 5.74) is 1.13. The molecule has 0 radical (unpaired) electrons. The van der Waals surface area contributed by atoms with E-state index in [2.05, 4.69) is 29.5 Å². The van der Waals surface area contributed by atoms with Gasteiger partial charge in [-0.05, 0) is 19.8 Å². The fourth-order valence-electron chi connectivity index (χ4n) is 1.38. The summed E-state index contributed by atoms with van der Waals surface area (Å²) in [5, 5.41) is 5.66. The van der Waals surface area contributed by atoms with Crippen molar-refractivity contribution in [1.29, 1.82) is 0 Å². The highest BCUT2D eigenvalue weighted by Crippen LogP contribution is 2.21. The van der Waals surface area contributed by atoms with Gasteiger partial charge in [0.15, 0.2) is 0 Å². The predicted octanol–water partition coefficient (Wildman–Crippen LogP) is 3.32. The Hall–Kier alpha value is -0.0600. The van der Waals surface area contributed by atoms with E-state index in [1.54, 1.807) is 11.3 Å². The summed E-state index contributed by atoms with van der Waals surface area (Å²) in [6.07, 6.45) is 2.44. The molecule has 0 spiro atoms. The molecule has 0 aromatic carbocycles. The summed E-state index contributed by atoms with van der Waals surface area (Å²) in [4.78, 5) is 4.42. The van der Waals surface area contributed by atoms with Gasteiger partial charge in [-0.1, -0.05) is 25.6 Å². The first-order valence-electron chi connectivity index (χ1n) is 5.54. The Morgan fingerprint density at radius 1 is 1.47 bits per heavy atom. The number of hydrogen-bond donors (Lipinski definition) is 1. The first kappa shape index (κ1) is 13.0. The molecule has 0 aliphatic carbocycles. The van der Waals surface area contributed by atoms with Crippen molar-refractivity contribution < 1.29 is 0 Å². The molecule has 0 saturated heterocycles. The molecule has 2 nitrogen and oxygen atoms in total. The van der Waals surface area contributed by atoms with Crippen LogP contribution in [0.15, 0.2) is 9.72 Å². The summed E-state index contributed by atoms with van der Waals surface area (Å²) in [7, 11) is 0. The number of nitrogens with one attached hydrogen (secondary N) is 1. The normalized spacial score (nSPS) is 11.2. The highest BCUT2D eigenvalue weighted by Gasteiger charge is 2.02. The third-order valence-corrected chi connectivity index (χ3v) is 4.48. The van der Waals surface area contributed by atoms with Gasteiger partial charge in [0.05, 0.1) is 0 Å². The quantitative estimate of drug-likeness (QED) is 0.588. The van der Waals surface area contributed by atoms with E-state index in [1.807, 2.05) is 18.7 Å². The zero-order valence-corrected chi connectivity index (χ0v) is 11.4. The van der Waals surface area contributed by atoms with E-state index in [0.717, 1.165) is 18.0 Å². The van der Waals surface area contributed by atoms with Crippen molar-refractivity contribution in [2.75, 3.05) is 12.3 Å². The van der Waals surface area contributed by atoms with Crippen molar-refractivity contribution in [3.05, 3.63) is 11.1 Å². The molecule has 0 saturated carbocycles. The molecule has 1 aromatic heterocycles. The third-order valence-electron chi connectivity index (χ3n) is 2.34. The molecule has 0 aliphatic heterocycles. The van der Waals surface area contributed by atoms with Crippen LogP contribution in [0.2, 0.25) is 0 Å². The molecule has 86 valence electrons. The highest BCUT2D eigenvalue weighted by molar-refractivity contribution is 8.01. The van der Waals surface area contributed by atoms with E-state index in [-0.39, 0.29) is 0 Å². The van der Waals surface area contributed by atoms with Crippen LogP contribution < -0.4 is 5.32 Å². The number of thioether (sulfide) groups is 1. The molecule has 1 N–H and O–H groups in total. The second-order valence-corrected chi connectivity index (χ2v) is 5.77. The maximum atomic E-state index is 4.42. The van der Waals surface area contributed by atoms with Crippen LogP contribution in [0.5, 0.6) is 0 Å². The molecule has 1 rings (SSSR count). The maximum Gasteiger partial charge on any atom is 0.150 e. The Morgan fingerprint density at radius 3 is 2.73 bits per heavy atom. The maximum absolute atomic E-state index is 4.42. The summed E-state index contributed by atoms with van der Waals surface area (Å²) in [6, 6.07) is 0.684. The summed E-state index contributed by atoms with van der Waals surface area (Å²) in [5.74, 6) is 1.11. The number of aryl methyl sites for hydroxylation is 1. The molecule has 0 fully saturated rings. The van der Waals surface area contributed by atoms with Crippen molar-refractivity contribution in [2.24, 2.45) is 0 Å². The van der Waals surface area contributed by atoms with Crippen molar-refractivity contribution in [3.8, 4) is 0 Å². The number of aromatic nitrogens is 1. The van der Waals surface area contributed by atoms with Gasteiger partial charge in [-0.2, -0.15) is 0 Å². The third kappa shape index (κ3) is 5.00. The van der Waals surface area contributed by atoms with Gasteiger partial charge in [-0.25, -0.2) is 4.98 Å². The van der Waals surface area contributed by atoms with E-state index in [0.29, 0.717) is 6.04 Å². The fourth-order valence-corrected chi connectivity index (χ4v) is 3.17. The second-order valence-electron chi connectivity index (χ2n) is 3.57. The van der Waals surface area contributed by atoms with Crippen molar-refractivity contribution in [2.45, 2.75) is 44.0 Å². The molecule has 4 heteroatoms. The van der Waals surface area contributed by atoms with E-state index < -0.39 is 0 Å². The first-order valence-corrected chi connectivity index (χ1v) is 7.41. The Balaban J connectivity index is 2.11. The van der Waals surface area contributed by atoms with Gasteiger partial charge in [-0.15, -0.1) is 11.3 Å². The van der Waals surface area contributed by atoms with Crippen LogP contribution in [0, 0.1) is 6.92 Å². The lowest BCUT2D eigenvalue weighted by molar-refractivity contribution is 0.501. The monoisotopic (exact) mass is 244 g/mol. The average molecular weight is 244 g/mol. The largest absolute Gasteiger partial charge is 0.313 e. The Morgan fingerprint density at radius 2 is 2.20 bits per heavy atom. The molecule has 1 heterocycles. The van der Waals surface area contributed by atoms with Gasteiger partial charge in [0.2, 0.25) is 0 Å². The van der Waals surface area contributed by atoms with Crippen LogP contribution in [-0.2, 0) is 0 Å². The van der Waals surface area contributed by atoms with Crippen LogP contribution >= 0.6 is 23.1 Å². The van der Waals surface area contributed by atoms with Gasteiger partial charge in [0.1, 0.15) is 4.34 Å². The van der Waals surface area contributed by atoms with Crippen molar-refractivity contribution in [3.63, 3.8) is 0 Å². The topological polar surface area (TPSA) is 24.9 Å². The highest BCUT2D eigenvalue weighted by atomic mass is 32.2. The SMILES string of the molecule is CCC(CC)NCCSc1nc(C)cs1. The minimum absolute atomic E-state index is 0.684. The van der Waals surface area contributed by atoms with Crippen LogP contribution in [0.4, 0.5) is 0 Å². The lowest BCUT2D eigenvalue weighted by Crippen LogP contribution is -2.29. The van der Waals surface area contributed by atoms with E-state index in [1.165, 1.54) is 17.2 Å². The van der Waals surface area contributed by atoms with Crippen molar-refractivity contribution >= 4 is 23.1 Å². The number of hydrogen-bond acceptors (Lipinski definition) is 4. The number of thiazole rings is 1. The lowest BCUT2D eigenvalue weighted by Gasteiger charge is -2.13. The molecule has 1 aromatic rings. The minimum atomic E-state index is 0.684. The van der Waals surface area contributed by atoms with E-state index in [4.69, 9.17) is 0 Å². The van der Waals surface area contributed by atoms with Gasteiger partial charge >= 0.3 is 0 Å². The predicted molar refractivity (Wildman–Crippen MR) is 69.9 cm³/mol. The van der Waals surface area contributed by atoms with Crippen LogP contribution in [-0.4, -0.2) is 23.3 Å². The summed E-state index contributed by atoms with van der Waals surface area (Å²) in [6.45, 7) is 7.59. The molecular formula is C11H20N2S2. The van der Waals surface area contributed by atoms with E-state index >= 15 is 0 Å². The van der Waals surface area contributed by atoms with Crippen molar-refractivity contribution in [1.82, 2.24) is 10.3 Å². The molecule has 0 aliphatic rings. The van der Waals surface area contributed by atoms with Gasteiger partial charge in [0, 0.05) is 29.4 Å². The number of rotatable bonds is 7. The van der Waals surface area contributed by atoms with Gasteiger partial charge < -0.3 is 5.32 Å². The smallest absolute Gasteiger partial charge is 0.150 e. The molecule has 0 atom stereocenters. The van der Waals surface area contributed by atoms with Crippen LogP contribution in [0.1, 0.15) is 32.4 Å². The zero-order valence-electron chi connectivity index (χ0n) is 9.75. The van der Waals surface area contributed by atoms with Crippen LogP contribution in [0.25, 0.3) is 0 Å². The Kier molecular flexibility index (Phi) is 6.29. The molecule has 15 heavy (non-hydrogen) atoms. The Bertz CT molecular complexity index is 269. The minimum Gasteiger partial charge on any atom is -0.313 e. The number of nitrogens with zero attached hydrogens (tertiary/aromatic N) is 1. The average Bonchev–Trinajstić information content (AvgIpc) is 2.65. The summed E-state index contributed by atoms with van der Waals surface area (Å²) < 4.78 is 1.19. The van der Waals surface area contributed by atoms with Crippen LogP contribution in [0.3, 0.4) is 0 Å².